The quantitative estimate of drug-likeness (QED) is 0.910. The van der Waals surface area contributed by atoms with Crippen molar-refractivity contribution in [3.63, 3.8) is 0 Å². The zero-order chi connectivity index (χ0) is 17.1. The summed E-state index contributed by atoms with van der Waals surface area (Å²) in [4.78, 5) is 14.3. The summed E-state index contributed by atoms with van der Waals surface area (Å²) in [6.45, 7) is 3.08. The fourth-order valence-electron chi connectivity index (χ4n) is 3.33. The highest BCUT2D eigenvalue weighted by atomic mass is 16.3. The molecule has 1 heterocycles. The summed E-state index contributed by atoms with van der Waals surface area (Å²) >= 11 is 0. The van der Waals surface area contributed by atoms with Crippen LogP contribution in [0, 0.1) is 12.8 Å². The molecule has 1 aliphatic heterocycles. The molecule has 3 rings (SSSR count). The third-order valence-corrected chi connectivity index (χ3v) is 4.80. The predicted octanol–water partition coefficient (Wildman–Crippen LogP) is 3.29. The molecule has 0 aromatic heterocycles. The number of carbonyl (C=O) groups is 1. The van der Waals surface area contributed by atoms with E-state index in [0.717, 1.165) is 24.0 Å². The fraction of sp³-hybridized carbons (Fsp3) is 0.350. The lowest BCUT2D eigenvalue weighted by Gasteiger charge is -2.34. The Hall–Kier alpha value is -2.33. The molecule has 0 aliphatic carbocycles. The highest BCUT2D eigenvalue weighted by Gasteiger charge is 2.29. The van der Waals surface area contributed by atoms with E-state index in [9.17, 15) is 15.0 Å². The summed E-state index contributed by atoms with van der Waals surface area (Å²) in [7, 11) is 0. The fourth-order valence-corrected chi connectivity index (χ4v) is 3.33. The molecule has 0 radical (unpaired) electrons. The maximum atomic E-state index is 12.6. The average Bonchev–Trinajstić information content (AvgIpc) is 2.61. The van der Waals surface area contributed by atoms with Gasteiger partial charge in [0.15, 0.2) is 0 Å². The van der Waals surface area contributed by atoms with E-state index in [0.29, 0.717) is 18.7 Å². The van der Waals surface area contributed by atoms with Crippen molar-refractivity contribution in [2.75, 3.05) is 13.1 Å². The predicted molar refractivity (Wildman–Crippen MR) is 92.9 cm³/mol. The normalized spacial score (nSPS) is 16.8. The van der Waals surface area contributed by atoms with Crippen molar-refractivity contribution in [2.24, 2.45) is 5.92 Å². The number of phenols is 1. The number of piperidine rings is 1. The van der Waals surface area contributed by atoms with E-state index >= 15 is 0 Å². The minimum absolute atomic E-state index is 0.0337. The van der Waals surface area contributed by atoms with Crippen molar-refractivity contribution in [3.8, 4) is 5.75 Å². The van der Waals surface area contributed by atoms with Gasteiger partial charge >= 0.3 is 0 Å². The van der Waals surface area contributed by atoms with Crippen LogP contribution in [0.2, 0.25) is 0 Å². The molecule has 24 heavy (non-hydrogen) atoms. The van der Waals surface area contributed by atoms with Gasteiger partial charge in [-0.3, -0.25) is 4.79 Å². The molecule has 126 valence electrons. The Balaban J connectivity index is 1.63. The number of amides is 1. The second kappa shape index (κ2) is 7.05. The van der Waals surface area contributed by atoms with Crippen molar-refractivity contribution in [2.45, 2.75) is 25.9 Å². The average molecular weight is 325 g/mol. The number of likely N-dealkylation sites (tertiary alicyclic amines) is 1. The van der Waals surface area contributed by atoms with Crippen LogP contribution < -0.4 is 0 Å². The number of aliphatic hydroxyl groups is 1. The van der Waals surface area contributed by atoms with Gasteiger partial charge in [-0.05, 0) is 48.9 Å². The first kappa shape index (κ1) is 16.5. The molecule has 1 atom stereocenters. The maximum Gasteiger partial charge on any atom is 0.257 e. The van der Waals surface area contributed by atoms with Crippen LogP contribution in [0.25, 0.3) is 0 Å². The molecule has 1 unspecified atom stereocenters. The van der Waals surface area contributed by atoms with E-state index in [1.807, 2.05) is 43.3 Å². The molecular weight excluding hydrogens is 302 g/mol. The van der Waals surface area contributed by atoms with E-state index in [2.05, 4.69) is 0 Å². The van der Waals surface area contributed by atoms with E-state index < -0.39 is 6.10 Å². The SMILES string of the molecule is Cc1ccc(C(=O)N2CCC(C(O)c3ccccc3)CC2)c(O)c1. The van der Waals surface area contributed by atoms with Crippen LogP contribution in [0.1, 0.15) is 40.4 Å². The Morgan fingerprint density at radius 3 is 2.42 bits per heavy atom. The summed E-state index contributed by atoms with van der Waals surface area (Å²) in [6.07, 6.45) is 1.03. The van der Waals surface area contributed by atoms with E-state index in [4.69, 9.17) is 0 Å². The van der Waals surface area contributed by atoms with Gasteiger partial charge in [-0.2, -0.15) is 0 Å². The molecule has 1 saturated heterocycles. The van der Waals surface area contributed by atoms with Crippen LogP contribution in [0.5, 0.6) is 5.75 Å². The maximum absolute atomic E-state index is 12.6. The van der Waals surface area contributed by atoms with Gasteiger partial charge in [0, 0.05) is 13.1 Å². The first-order valence-corrected chi connectivity index (χ1v) is 8.38. The Morgan fingerprint density at radius 2 is 1.79 bits per heavy atom. The number of aryl methyl sites for hydroxylation is 1. The van der Waals surface area contributed by atoms with E-state index in [1.165, 1.54) is 0 Å². The van der Waals surface area contributed by atoms with Gasteiger partial charge < -0.3 is 15.1 Å². The Morgan fingerprint density at radius 1 is 1.12 bits per heavy atom. The highest BCUT2D eigenvalue weighted by molar-refractivity contribution is 5.97. The topological polar surface area (TPSA) is 60.8 Å². The number of carbonyl (C=O) groups excluding carboxylic acids is 1. The minimum atomic E-state index is -0.490. The van der Waals surface area contributed by atoms with Crippen LogP contribution in [0.3, 0.4) is 0 Å². The number of benzene rings is 2. The van der Waals surface area contributed by atoms with Gasteiger partial charge in [-0.15, -0.1) is 0 Å². The van der Waals surface area contributed by atoms with Crippen molar-refractivity contribution < 1.29 is 15.0 Å². The molecule has 1 amide bonds. The Kier molecular flexibility index (Phi) is 4.86. The second-order valence-corrected chi connectivity index (χ2v) is 6.51. The molecule has 2 aromatic rings. The van der Waals surface area contributed by atoms with Crippen molar-refractivity contribution in [1.82, 2.24) is 4.90 Å². The third-order valence-electron chi connectivity index (χ3n) is 4.80. The standard InChI is InChI=1S/C20H23NO3/c1-14-7-8-17(18(22)13-14)20(24)21-11-9-16(10-12-21)19(23)15-5-3-2-4-6-15/h2-8,13,16,19,22-23H,9-12H2,1H3. The third kappa shape index (κ3) is 3.44. The first-order valence-electron chi connectivity index (χ1n) is 8.38. The minimum Gasteiger partial charge on any atom is -0.507 e. The van der Waals surface area contributed by atoms with Gasteiger partial charge in [0.2, 0.25) is 0 Å². The monoisotopic (exact) mass is 325 g/mol. The lowest BCUT2D eigenvalue weighted by molar-refractivity contribution is 0.0460. The molecule has 1 aliphatic rings. The number of aliphatic hydroxyl groups excluding tert-OH is 1. The number of rotatable bonds is 3. The molecule has 4 heteroatoms. The van der Waals surface area contributed by atoms with Crippen molar-refractivity contribution in [3.05, 3.63) is 65.2 Å². The largest absolute Gasteiger partial charge is 0.507 e. The number of nitrogens with zero attached hydrogens (tertiary/aromatic N) is 1. The van der Waals surface area contributed by atoms with Gasteiger partial charge in [0.1, 0.15) is 5.75 Å². The lowest BCUT2D eigenvalue weighted by Crippen LogP contribution is -2.39. The van der Waals surface area contributed by atoms with Gasteiger partial charge in [-0.25, -0.2) is 0 Å². The molecule has 1 fully saturated rings. The second-order valence-electron chi connectivity index (χ2n) is 6.51. The van der Waals surface area contributed by atoms with Crippen molar-refractivity contribution in [1.29, 1.82) is 0 Å². The molecule has 0 saturated carbocycles. The zero-order valence-corrected chi connectivity index (χ0v) is 13.9. The van der Waals surface area contributed by atoms with Crippen LogP contribution in [0.4, 0.5) is 0 Å². The molecule has 4 nitrogen and oxygen atoms in total. The molecule has 2 N–H and O–H groups in total. The van der Waals surface area contributed by atoms with E-state index in [-0.39, 0.29) is 17.6 Å². The number of aromatic hydroxyl groups is 1. The van der Waals surface area contributed by atoms with Crippen LogP contribution >= 0.6 is 0 Å². The molecule has 0 bridgehead atoms. The molecule has 2 aromatic carbocycles. The summed E-state index contributed by atoms with van der Waals surface area (Å²) < 4.78 is 0. The van der Waals surface area contributed by atoms with Crippen molar-refractivity contribution >= 4 is 5.91 Å². The first-order chi connectivity index (χ1) is 11.6. The smallest absolute Gasteiger partial charge is 0.257 e. The molecule has 0 spiro atoms. The van der Waals surface area contributed by atoms with Crippen LogP contribution in [0.15, 0.2) is 48.5 Å². The highest BCUT2D eigenvalue weighted by Crippen LogP contribution is 2.31. The summed E-state index contributed by atoms with van der Waals surface area (Å²) in [5, 5.41) is 20.5. The lowest BCUT2D eigenvalue weighted by atomic mass is 9.87. The van der Waals surface area contributed by atoms with E-state index in [1.54, 1.807) is 17.0 Å². The number of phenolic OH excluding ortho intramolecular Hbond substituents is 1. The van der Waals surface area contributed by atoms with Gasteiger partial charge in [-0.1, -0.05) is 36.4 Å². The van der Waals surface area contributed by atoms with Crippen LogP contribution in [-0.4, -0.2) is 34.1 Å². The summed E-state index contributed by atoms with van der Waals surface area (Å²) in [6, 6.07) is 14.8. The zero-order valence-electron chi connectivity index (χ0n) is 13.9. The summed E-state index contributed by atoms with van der Waals surface area (Å²) in [5.41, 5.74) is 2.20. The van der Waals surface area contributed by atoms with Gasteiger partial charge in [0.05, 0.1) is 11.7 Å². The Labute approximate surface area is 142 Å². The van der Waals surface area contributed by atoms with Gasteiger partial charge in [0.25, 0.3) is 5.91 Å². The van der Waals surface area contributed by atoms with Crippen LogP contribution in [-0.2, 0) is 0 Å². The Bertz CT molecular complexity index is 706. The number of hydrogen-bond acceptors (Lipinski definition) is 3. The molecular formula is C20H23NO3. The summed E-state index contributed by atoms with van der Waals surface area (Å²) in [5.74, 6) is 0.0506. The number of hydrogen-bond donors (Lipinski definition) is 2.